The Labute approximate surface area is 87.2 Å². The van der Waals surface area contributed by atoms with Crippen LogP contribution in [0.1, 0.15) is 11.1 Å². The lowest BCUT2D eigenvalue weighted by Gasteiger charge is -2.24. The molecule has 14 heavy (non-hydrogen) atoms. The summed E-state index contributed by atoms with van der Waals surface area (Å²) in [6, 6.07) is 8.35. The van der Waals surface area contributed by atoms with Crippen LogP contribution in [-0.2, 0) is 15.8 Å². The number of rotatable bonds is 4. The van der Waals surface area contributed by atoms with E-state index in [9.17, 15) is 0 Å². The van der Waals surface area contributed by atoms with Crippen molar-refractivity contribution in [2.45, 2.75) is 19.1 Å². The molecule has 1 heterocycles. The van der Waals surface area contributed by atoms with Crippen LogP contribution in [0.15, 0.2) is 24.3 Å². The van der Waals surface area contributed by atoms with Crippen LogP contribution in [0.3, 0.4) is 0 Å². The van der Waals surface area contributed by atoms with Gasteiger partial charge in [0.25, 0.3) is 0 Å². The van der Waals surface area contributed by atoms with Gasteiger partial charge in [0.2, 0.25) is 9.76 Å². The van der Waals surface area contributed by atoms with E-state index in [4.69, 9.17) is 9.16 Å². The first-order chi connectivity index (χ1) is 6.86. The number of aryl methyl sites for hydroxylation is 1. The van der Waals surface area contributed by atoms with Gasteiger partial charge in [-0.2, -0.15) is 0 Å². The number of ether oxygens (including phenoxy) is 1. The van der Waals surface area contributed by atoms with Gasteiger partial charge in [-0.1, -0.05) is 24.3 Å². The van der Waals surface area contributed by atoms with Crippen LogP contribution >= 0.6 is 0 Å². The highest BCUT2D eigenvalue weighted by molar-refractivity contribution is 6.30. The van der Waals surface area contributed by atoms with E-state index in [1.165, 1.54) is 11.1 Å². The zero-order chi connectivity index (χ0) is 9.80. The molecule has 1 aromatic carbocycles. The molecule has 0 amide bonds. The van der Waals surface area contributed by atoms with E-state index < -0.39 is 0 Å². The average molecular weight is 206 g/mol. The lowest BCUT2D eigenvalue weighted by atomic mass is 10.1. The molecular weight excluding hydrogens is 192 g/mol. The third-order valence-electron chi connectivity index (χ3n) is 2.38. The fourth-order valence-corrected chi connectivity index (χ4v) is 2.16. The predicted molar refractivity (Wildman–Crippen MR) is 56.3 cm³/mol. The van der Waals surface area contributed by atoms with Crippen LogP contribution in [0.2, 0.25) is 5.54 Å². The molecule has 0 atom stereocenters. The quantitative estimate of drug-likeness (QED) is 0.701. The first-order valence-electron chi connectivity index (χ1n) is 4.86. The van der Waals surface area contributed by atoms with Crippen molar-refractivity contribution in [2.24, 2.45) is 0 Å². The molecule has 74 valence electrons. The first kappa shape index (κ1) is 9.89. The highest BCUT2D eigenvalue weighted by Crippen LogP contribution is 2.16. The first-order valence-corrected chi connectivity index (χ1v) is 5.84. The maximum Gasteiger partial charge on any atom is 0.238 e. The summed E-state index contributed by atoms with van der Waals surface area (Å²) in [5, 5.41) is 0. The Hall–Kier alpha value is -0.643. The maximum atomic E-state index is 5.65. The maximum absolute atomic E-state index is 5.65. The minimum atomic E-state index is 0.590. The van der Waals surface area contributed by atoms with Gasteiger partial charge in [0, 0.05) is 5.54 Å². The topological polar surface area (TPSA) is 18.5 Å². The van der Waals surface area contributed by atoms with Crippen molar-refractivity contribution < 1.29 is 9.16 Å². The van der Waals surface area contributed by atoms with E-state index in [2.05, 4.69) is 31.2 Å². The zero-order valence-electron chi connectivity index (χ0n) is 8.32. The van der Waals surface area contributed by atoms with E-state index in [1.807, 2.05) is 0 Å². The van der Waals surface area contributed by atoms with Gasteiger partial charge in [0.1, 0.15) is 0 Å². The number of benzene rings is 1. The van der Waals surface area contributed by atoms with Gasteiger partial charge < -0.3 is 9.16 Å². The van der Waals surface area contributed by atoms with Crippen molar-refractivity contribution in [2.75, 3.05) is 13.2 Å². The predicted octanol–water partition coefficient (Wildman–Crippen LogP) is 1.95. The molecule has 0 spiro atoms. The second-order valence-electron chi connectivity index (χ2n) is 3.57. The summed E-state index contributed by atoms with van der Waals surface area (Å²) in [7, 11) is 0.590. The molecule has 1 aliphatic heterocycles. The van der Waals surface area contributed by atoms with Crippen LogP contribution < -0.4 is 0 Å². The summed E-state index contributed by atoms with van der Waals surface area (Å²) in [6.45, 7) is 4.62. The van der Waals surface area contributed by atoms with Crippen molar-refractivity contribution in [3.8, 4) is 0 Å². The smallest absolute Gasteiger partial charge is 0.238 e. The van der Waals surface area contributed by atoms with E-state index in [0.717, 1.165) is 19.8 Å². The molecule has 1 saturated heterocycles. The van der Waals surface area contributed by atoms with Gasteiger partial charge in [0.05, 0.1) is 19.8 Å². The number of hydrogen-bond donors (Lipinski definition) is 0. The third-order valence-corrected chi connectivity index (χ3v) is 3.35. The van der Waals surface area contributed by atoms with Gasteiger partial charge in [-0.15, -0.1) is 0 Å². The molecule has 0 N–H and O–H groups in total. The highest BCUT2D eigenvalue weighted by Gasteiger charge is 2.20. The fraction of sp³-hybridized carbons (Fsp3) is 0.455. The van der Waals surface area contributed by atoms with Gasteiger partial charge in [-0.3, -0.25) is 0 Å². The molecule has 0 unspecified atom stereocenters. The van der Waals surface area contributed by atoms with E-state index in [-0.39, 0.29) is 0 Å². The molecule has 3 heteroatoms. The molecule has 0 saturated carbocycles. The van der Waals surface area contributed by atoms with Gasteiger partial charge in [-0.05, 0) is 18.1 Å². The summed E-state index contributed by atoms with van der Waals surface area (Å²) in [5.74, 6) is 0. The third kappa shape index (κ3) is 2.44. The van der Waals surface area contributed by atoms with Gasteiger partial charge in [-0.25, -0.2) is 0 Å². The molecule has 0 aliphatic carbocycles. The molecule has 1 fully saturated rings. The van der Waals surface area contributed by atoms with E-state index in [0.29, 0.717) is 15.3 Å². The van der Waals surface area contributed by atoms with Crippen molar-refractivity contribution >= 4 is 9.76 Å². The largest absolute Gasteiger partial charge is 0.413 e. The van der Waals surface area contributed by atoms with E-state index in [1.54, 1.807) is 0 Å². The summed E-state index contributed by atoms with van der Waals surface area (Å²) in [6.07, 6.45) is 0. The molecule has 0 bridgehead atoms. The molecule has 1 aromatic rings. The second-order valence-corrected chi connectivity index (χ2v) is 4.91. The van der Waals surface area contributed by atoms with Gasteiger partial charge in [0.15, 0.2) is 0 Å². The minimum Gasteiger partial charge on any atom is -0.413 e. The standard InChI is InChI=1S/C11H14O2Si/c1-9-4-2-3-5-10(9)6-13-14-11-7-12-8-11/h2-5,11H,6-8H2,1H3. The Morgan fingerprint density at radius 2 is 2.21 bits per heavy atom. The van der Waals surface area contributed by atoms with Crippen LogP contribution in [-0.4, -0.2) is 23.0 Å². The van der Waals surface area contributed by atoms with Crippen molar-refractivity contribution in [3.05, 3.63) is 35.4 Å². The SMILES string of the molecule is Cc1ccccc1CO[Si]C1COC1. The summed E-state index contributed by atoms with van der Waals surface area (Å²) in [4.78, 5) is 0. The van der Waals surface area contributed by atoms with E-state index >= 15 is 0 Å². The summed E-state index contributed by atoms with van der Waals surface area (Å²) >= 11 is 0. The molecule has 2 nitrogen and oxygen atoms in total. The Kier molecular flexibility index (Phi) is 3.34. The Bertz CT molecular complexity index is 297. The summed E-state index contributed by atoms with van der Waals surface area (Å²) in [5.41, 5.74) is 3.25. The molecule has 0 aromatic heterocycles. The highest BCUT2D eigenvalue weighted by atomic mass is 28.2. The number of hydrogen-bond acceptors (Lipinski definition) is 2. The lowest BCUT2D eigenvalue weighted by Crippen LogP contribution is -2.28. The van der Waals surface area contributed by atoms with Crippen LogP contribution in [0, 0.1) is 6.92 Å². The van der Waals surface area contributed by atoms with Crippen molar-refractivity contribution in [1.82, 2.24) is 0 Å². The molecular formula is C11H14O2Si. The molecule has 1 aliphatic rings. The van der Waals surface area contributed by atoms with Crippen molar-refractivity contribution in [3.63, 3.8) is 0 Å². The van der Waals surface area contributed by atoms with Crippen molar-refractivity contribution in [1.29, 1.82) is 0 Å². The molecule has 2 radical (unpaired) electrons. The van der Waals surface area contributed by atoms with Gasteiger partial charge >= 0.3 is 0 Å². The molecule has 2 rings (SSSR count). The Morgan fingerprint density at radius 3 is 2.86 bits per heavy atom. The lowest BCUT2D eigenvalue weighted by molar-refractivity contribution is 0.0305. The zero-order valence-corrected chi connectivity index (χ0v) is 9.32. The minimum absolute atomic E-state index is 0.590. The normalized spacial score (nSPS) is 16.6. The fourth-order valence-electron chi connectivity index (χ4n) is 1.31. The average Bonchev–Trinajstić information content (AvgIpc) is 2.12. The summed E-state index contributed by atoms with van der Waals surface area (Å²) < 4.78 is 10.7. The van der Waals surface area contributed by atoms with Crippen LogP contribution in [0.4, 0.5) is 0 Å². The second kappa shape index (κ2) is 4.73. The monoisotopic (exact) mass is 206 g/mol. The Morgan fingerprint density at radius 1 is 1.43 bits per heavy atom. The van der Waals surface area contributed by atoms with Crippen LogP contribution in [0.5, 0.6) is 0 Å². The Balaban J connectivity index is 1.76. The van der Waals surface area contributed by atoms with Crippen LogP contribution in [0.25, 0.3) is 0 Å².